The smallest absolute Gasteiger partial charge is 0.338 e. The van der Waals surface area contributed by atoms with E-state index in [0.29, 0.717) is 18.5 Å². The van der Waals surface area contributed by atoms with Gasteiger partial charge in [0.1, 0.15) is 0 Å². The van der Waals surface area contributed by atoms with Crippen LogP contribution >= 0.6 is 0 Å². The van der Waals surface area contributed by atoms with Gasteiger partial charge in [-0.15, -0.1) is 0 Å². The van der Waals surface area contributed by atoms with Crippen molar-refractivity contribution >= 4 is 29.0 Å². The number of allylic oxidation sites excluding steroid dienone is 1. The molecule has 2 aliphatic rings. The van der Waals surface area contributed by atoms with Crippen molar-refractivity contribution in [3.05, 3.63) is 71.4 Å². The molecule has 2 aromatic carbocycles. The Morgan fingerprint density at radius 1 is 1.10 bits per heavy atom. The van der Waals surface area contributed by atoms with Crippen LogP contribution in [0.2, 0.25) is 0 Å². The van der Waals surface area contributed by atoms with Crippen LogP contribution in [0.3, 0.4) is 0 Å². The number of ketones is 1. The number of hydrogen-bond donors (Lipinski definition) is 0. The molecule has 6 nitrogen and oxygen atoms in total. The highest BCUT2D eigenvalue weighted by Crippen LogP contribution is 2.46. The van der Waals surface area contributed by atoms with Gasteiger partial charge in [0.15, 0.2) is 12.4 Å². The molecule has 2 aromatic rings. The van der Waals surface area contributed by atoms with E-state index in [0.717, 1.165) is 29.1 Å². The molecule has 0 radical (unpaired) electrons. The average Bonchev–Trinajstić information content (AvgIpc) is 3.27. The summed E-state index contributed by atoms with van der Waals surface area (Å²) in [5.74, 6) is -0.736. The van der Waals surface area contributed by atoms with Crippen molar-refractivity contribution in [2.45, 2.75) is 32.1 Å². The molecule has 1 amide bonds. The molecule has 0 N–H and O–H groups in total. The summed E-state index contributed by atoms with van der Waals surface area (Å²) in [5.41, 5.74) is 3.90. The summed E-state index contributed by atoms with van der Waals surface area (Å²) in [6.45, 7) is 4.52. The van der Waals surface area contributed by atoms with Crippen molar-refractivity contribution in [2.75, 3.05) is 30.0 Å². The van der Waals surface area contributed by atoms with Crippen molar-refractivity contribution in [1.82, 2.24) is 0 Å². The van der Waals surface area contributed by atoms with Gasteiger partial charge in [-0.05, 0) is 42.3 Å². The van der Waals surface area contributed by atoms with Gasteiger partial charge in [0.05, 0.1) is 5.56 Å². The molecule has 160 valence electrons. The maximum absolute atomic E-state index is 12.6. The van der Waals surface area contributed by atoms with Crippen molar-refractivity contribution in [3.8, 4) is 0 Å². The highest BCUT2D eigenvalue weighted by Gasteiger charge is 2.38. The number of carbonyl (C=O) groups is 3. The predicted octanol–water partition coefficient (Wildman–Crippen LogP) is 3.85. The fraction of sp³-hybridized carbons (Fsp3) is 0.320. The number of fused-ring (bicyclic) bond motifs is 1. The number of carbonyl (C=O) groups excluding carboxylic acids is 3. The van der Waals surface area contributed by atoms with Gasteiger partial charge >= 0.3 is 5.97 Å². The number of ether oxygens (including phenoxy) is 1. The second-order valence-corrected chi connectivity index (χ2v) is 8.47. The topological polar surface area (TPSA) is 66.9 Å². The third kappa shape index (κ3) is 3.85. The maximum Gasteiger partial charge on any atom is 0.338 e. The van der Waals surface area contributed by atoms with E-state index < -0.39 is 5.97 Å². The summed E-state index contributed by atoms with van der Waals surface area (Å²) in [6.07, 6.45) is 2.96. The normalized spacial score (nSPS) is 18.4. The minimum atomic E-state index is -0.562. The van der Waals surface area contributed by atoms with Crippen molar-refractivity contribution < 1.29 is 19.1 Å². The Bertz CT molecular complexity index is 1070. The standard InChI is InChI=1S/C25H26N2O4/c1-25(2)20-7-4-5-8-21(20)26(3)22(25)15-19(28)16-31-24(30)17-10-12-18(13-11-17)27-14-6-9-23(27)29/h4-5,7-8,10-13,15H,6,9,14,16H2,1-3H3. The van der Waals surface area contributed by atoms with Crippen LogP contribution in [0, 0.1) is 0 Å². The molecule has 1 saturated heterocycles. The molecular formula is C25H26N2O4. The van der Waals surface area contributed by atoms with Crippen molar-refractivity contribution in [3.63, 3.8) is 0 Å². The van der Waals surface area contributed by atoms with E-state index in [2.05, 4.69) is 19.9 Å². The Balaban J connectivity index is 1.40. The lowest BCUT2D eigenvalue weighted by Crippen LogP contribution is -2.25. The second kappa shape index (κ2) is 8.02. The first kappa shape index (κ1) is 20.8. The number of likely N-dealkylation sites (N-methyl/N-ethyl adjacent to an activating group) is 1. The van der Waals surface area contributed by atoms with Crippen LogP contribution in [0.25, 0.3) is 0 Å². The van der Waals surface area contributed by atoms with Crippen molar-refractivity contribution in [2.24, 2.45) is 0 Å². The van der Waals surface area contributed by atoms with E-state index in [4.69, 9.17) is 4.74 Å². The van der Waals surface area contributed by atoms with Gasteiger partial charge in [0.2, 0.25) is 5.91 Å². The first-order valence-corrected chi connectivity index (χ1v) is 10.4. The molecule has 0 unspecified atom stereocenters. The summed E-state index contributed by atoms with van der Waals surface area (Å²) in [5, 5.41) is 0. The molecule has 0 aromatic heterocycles. The van der Waals surface area contributed by atoms with Crippen LogP contribution in [-0.4, -0.2) is 37.9 Å². The highest BCUT2D eigenvalue weighted by atomic mass is 16.5. The number of benzene rings is 2. The number of anilines is 2. The largest absolute Gasteiger partial charge is 0.454 e. The molecule has 6 heteroatoms. The lowest BCUT2D eigenvalue weighted by Gasteiger charge is -2.23. The van der Waals surface area contributed by atoms with Gasteiger partial charge in [-0.25, -0.2) is 4.79 Å². The van der Waals surface area contributed by atoms with Crippen LogP contribution in [0.1, 0.15) is 42.6 Å². The van der Waals surface area contributed by atoms with Gasteiger partial charge in [0.25, 0.3) is 0 Å². The zero-order chi connectivity index (χ0) is 22.2. The zero-order valence-corrected chi connectivity index (χ0v) is 18.1. The molecule has 0 atom stereocenters. The zero-order valence-electron chi connectivity index (χ0n) is 18.1. The maximum atomic E-state index is 12.6. The SMILES string of the molecule is CN1C(=CC(=O)COC(=O)c2ccc(N3CCCC3=O)cc2)C(C)(C)c2ccccc21. The van der Waals surface area contributed by atoms with Crippen LogP contribution in [-0.2, 0) is 19.7 Å². The average molecular weight is 418 g/mol. The number of hydrogen-bond acceptors (Lipinski definition) is 5. The molecule has 0 aliphatic carbocycles. The summed E-state index contributed by atoms with van der Waals surface area (Å²) in [4.78, 5) is 40.5. The first-order valence-electron chi connectivity index (χ1n) is 10.4. The predicted molar refractivity (Wildman–Crippen MR) is 119 cm³/mol. The van der Waals surface area contributed by atoms with Crippen LogP contribution in [0.5, 0.6) is 0 Å². The minimum Gasteiger partial charge on any atom is -0.454 e. The van der Waals surface area contributed by atoms with Gasteiger partial charge < -0.3 is 14.5 Å². The van der Waals surface area contributed by atoms with Gasteiger partial charge in [-0.1, -0.05) is 32.0 Å². The molecule has 0 saturated carbocycles. The summed E-state index contributed by atoms with van der Waals surface area (Å²) >= 11 is 0. The summed E-state index contributed by atoms with van der Waals surface area (Å²) in [7, 11) is 1.94. The molecule has 2 aliphatic heterocycles. The monoisotopic (exact) mass is 418 g/mol. The van der Waals surface area contributed by atoms with Crippen LogP contribution in [0.15, 0.2) is 60.3 Å². The summed E-state index contributed by atoms with van der Waals surface area (Å²) < 4.78 is 5.24. The number of rotatable bonds is 5. The lowest BCUT2D eigenvalue weighted by atomic mass is 9.83. The number of para-hydroxylation sites is 1. The molecule has 1 fully saturated rings. The summed E-state index contributed by atoms with van der Waals surface area (Å²) in [6, 6.07) is 14.8. The van der Waals surface area contributed by atoms with E-state index in [1.54, 1.807) is 35.2 Å². The Labute approximate surface area is 182 Å². The molecule has 0 spiro atoms. The van der Waals surface area contributed by atoms with Crippen LogP contribution < -0.4 is 9.80 Å². The first-order chi connectivity index (χ1) is 14.8. The van der Waals surface area contributed by atoms with Crippen molar-refractivity contribution in [1.29, 1.82) is 0 Å². The Morgan fingerprint density at radius 2 is 1.81 bits per heavy atom. The van der Waals surface area contributed by atoms with E-state index in [9.17, 15) is 14.4 Å². The molecule has 31 heavy (non-hydrogen) atoms. The van der Waals surface area contributed by atoms with Gasteiger partial charge in [0, 0.05) is 48.6 Å². The minimum absolute atomic E-state index is 0.0934. The van der Waals surface area contributed by atoms with E-state index in [-0.39, 0.29) is 23.7 Å². The van der Waals surface area contributed by atoms with E-state index in [1.165, 1.54) is 0 Å². The van der Waals surface area contributed by atoms with E-state index >= 15 is 0 Å². The van der Waals surface area contributed by atoms with E-state index in [1.807, 2.05) is 30.1 Å². The van der Waals surface area contributed by atoms with Gasteiger partial charge in [-0.2, -0.15) is 0 Å². The Kier molecular flexibility index (Phi) is 5.39. The second-order valence-electron chi connectivity index (χ2n) is 8.47. The molecular weight excluding hydrogens is 392 g/mol. The lowest BCUT2D eigenvalue weighted by molar-refractivity contribution is -0.118. The van der Waals surface area contributed by atoms with Crippen LogP contribution in [0.4, 0.5) is 11.4 Å². The number of nitrogens with zero attached hydrogens (tertiary/aromatic N) is 2. The number of amides is 1. The quantitative estimate of drug-likeness (QED) is 0.545. The van der Waals surface area contributed by atoms with Gasteiger partial charge in [-0.3, -0.25) is 9.59 Å². The third-order valence-electron chi connectivity index (χ3n) is 6.07. The Hall–Kier alpha value is -3.41. The molecule has 4 rings (SSSR count). The molecule has 0 bridgehead atoms. The third-order valence-corrected chi connectivity index (χ3v) is 6.07. The fourth-order valence-electron chi connectivity index (χ4n) is 4.37. The Morgan fingerprint density at radius 3 is 2.45 bits per heavy atom. The molecule has 2 heterocycles. The fourth-order valence-corrected chi connectivity index (χ4v) is 4.37. The number of esters is 1. The highest BCUT2D eigenvalue weighted by molar-refractivity contribution is 5.98.